The first-order chi connectivity index (χ1) is 9.76. The number of piperidine rings is 1. The first-order valence-corrected chi connectivity index (χ1v) is 7.43. The van der Waals surface area contributed by atoms with E-state index in [0.29, 0.717) is 6.54 Å². The number of amides is 1. The van der Waals surface area contributed by atoms with Gasteiger partial charge in [0.15, 0.2) is 0 Å². The lowest BCUT2D eigenvalue weighted by molar-refractivity contribution is -0.150. The third-order valence-electron chi connectivity index (χ3n) is 4.44. The summed E-state index contributed by atoms with van der Waals surface area (Å²) in [4.78, 5) is 13.7. The van der Waals surface area contributed by atoms with Gasteiger partial charge in [0.2, 0.25) is 5.91 Å². The molecule has 0 aliphatic carbocycles. The smallest absolute Gasteiger partial charge is 0.246 e. The summed E-state index contributed by atoms with van der Waals surface area (Å²) < 4.78 is 5.79. The molecule has 0 radical (unpaired) electrons. The highest BCUT2D eigenvalue weighted by Gasteiger charge is 2.38. The molecule has 2 saturated heterocycles. The molecular formula is C16H23ClN2O2. The molecule has 116 valence electrons. The van der Waals surface area contributed by atoms with Gasteiger partial charge in [0.05, 0.1) is 5.60 Å². The molecule has 0 aromatic heterocycles. The minimum Gasteiger partial charge on any atom is -0.363 e. The van der Waals surface area contributed by atoms with E-state index in [1.165, 1.54) is 5.56 Å². The first kappa shape index (κ1) is 16.3. The monoisotopic (exact) mass is 310 g/mol. The zero-order chi connectivity index (χ0) is 13.8. The Hall–Kier alpha value is -1.10. The van der Waals surface area contributed by atoms with Crippen molar-refractivity contribution in [3.63, 3.8) is 0 Å². The molecule has 21 heavy (non-hydrogen) atoms. The fraction of sp³-hybridized carbons (Fsp3) is 0.562. The van der Waals surface area contributed by atoms with E-state index in [1.807, 2.05) is 0 Å². The van der Waals surface area contributed by atoms with Crippen LogP contribution >= 0.6 is 12.4 Å². The van der Waals surface area contributed by atoms with Gasteiger partial charge >= 0.3 is 0 Å². The lowest BCUT2D eigenvalue weighted by atomic mass is 9.90. The highest BCUT2D eigenvalue weighted by atomic mass is 35.5. The lowest BCUT2D eigenvalue weighted by Gasteiger charge is -2.43. The normalized spacial score (nSPS) is 21.6. The number of morpholine rings is 1. The highest BCUT2D eigenvalue weighted by molar-refractivity contribution is 5.85. The van der Waals surface area contributed by atoms with Gasteiger partial charge in [0.25, 0.3) is 0 Å². The molecule has 0 atom stereocenters. The molecular weight excluding hydrogens is 288 g/mol. The summed E-state index contributed by atoms with van der Waals surface area (Å²) >= 11 is 0. The lowest BCUT2D eigenvalue weighted by Crippen LogP contribution is -2.57. The van der Waals surface area contributed by atoms with E-state index in [2.05, 4.69) is 40.5 Å². The maximum atomic E-state index is 11.2. The molecule has 3 rings (SSSR count). The zero-order valence-electron chi connectivity index (χ0n) is 12.2. The van der Waals surface area contributed by atoms with E-state index in [9.17, 15) is 4.79 Å². The van der Waals surface area contributed by atoms with Crippen LogP contribution in [-0.2, 0) is 16.0 Å². The Bertz CT molecular complexity index is 447. The van der Waals surface area contributed by atoms with Crippen molar-refractivity contribution >= 4 is 18.3 Å². The van der Waals surface area contributed by atoms with Gasteiger partial charge in [-0.05, 0) is 24.8 Å². The van der Waals surface area contributed by atoms with E-state index in [0.717, 1.165) is 38.9 Å². The van der Waals surface area contributed by atoms with Gasteiger partial charge in [-0.2, -0.15) is 0 Å². The van der Waals surface area contributed by atoms with Crippen molar-refractivity contribution in [3.05, 3.63) is 35.9 Å². The summed E-state index contributed by atoms with van der Waals surface area (Å²) in [5.74, 6) is 0.0159. The number of benzene rings is 1. The van der Waals surface area contributed by atoms with E-state index < -0.39 is 0 Å². The number of rotatable bonds is 3. The van der Waals surface area contributed by atoms with Crippen molar-refractivity contribution in [1.29, 1.82) is 0 Å². The van der Waals surface area contributed by atoms with Gasteiger partial charge in [-0.15, -0.1) is 12.4 Å². The summed E-state index contributed by atoms with van der Waals surface area (Å²) in [6, 6.07) is 10.6. The fourth-order valence-electron chi connectivity index (χ4n) is 3.02. The molecule has 2 fully saturated rings. The summed E-state index contributed by atoms with van der Waals surface area (Å²) in [6.45, 7) is 4.13. The SMILES string of the molecule is Cl.O=C1COC2(CCN(CCc3ccccc3)CC2)CN1. The molecule has 2 aliphatic heterocycles. The van der Waals surface area contributed by atoms with E-state index >= 15 is 0 Å². The third-order valence-corrected chi connectivity index (χ3v) is 4.44. The molecule has 4 nitrogen and oxygen atoms in total. The van der Waals surface area contributed by atoms with Crippen LogP contribution in [0.25, 0.3) is 0 Å². The van der Waals surface area contributed by atoms with Crippen molar-refractivity contribution in [3.8, 4) is 0 Å². The molecule has 5 heteroatoms. The standard InChI is InChI=1S/C16H22N2O2.ClH/c19-15-12-20-16(13-17-15)7-10-18(11-8-16)9-6-14-4-2-1-3-5-14;/h1-5H,6-13H2,(H,17,19);1H. The van der Waals surface area contributed by atoms with E-state index in [4.69, 9.17) is 4.74 Å². The fourth-order valence-corrected chi connectivity index (χ4v) is 3.02. The second kappa shape index (κ2) is 7.25. The number of ether oxygens (including phenoxy) is 1. The topological polar surface area (TPSA) is 41.6 Å². The number of likely N-dealkylation sites (tertiary alicyclic amines) is 1. The molecule has 1 amide bonds. The molecule has 1 spiro atoms. The van der Waals surface area contributed by atoms with E-state index in [1.54, 1.807) is 0 Å². The number of carbonyl (C=O) groups is 1. The van der Waals surface area contributed by atoms with E-state index in [-0.39, 0.29) is 30.5 Å². The predicted octanol–water partition coefficient (Wildman–Crippen LogP) is 1.63. The maximum Gasteiger partial charge on any atom is 0.246 e. The highest BCUT2D eigenvalue weighted by Crippen LogP contribution is 2.27. The molecule has 1 N–H and O–H groups in total. The average molecular weight is 311 g/mol. The number of nitrogens with one attached hydrogen (secondary N) is 1. The molecule has 0 bridgehead atoms. The predicted molar refractivity (Wildman–Crippen MR) is 84.8 cm³/mol. The largest absolute Gasteiger partial charge is 0.363 e. The van der Waals surface area contributed by atoms with Crippen molar-refractivity contribution in [2.75, 3.05) is 32.8 Å². The van der Waals surface area contributed by atoms with Crippen LogP contribution in [0.2, 0.25) is 0 Å². The van der Waals surface area contributed by atoms with Gasteiger partial charge in [0.1, 0.15) is 6.61 Å². The van der Waals surface area contributed by atoms with Gasteiger partial charge in [-0.25, -0.2) is 0 Å². The van der Waals surface area contributed by atoms with Crippen molar-refractivity contribution < 1.29 is 9.53 Å². The Morgan fingerprint density at radius 2 is 1.90 bits per heavy atom. The Balaban J connectivity index is 0.00000161. The molecule has 0 saturated carbocycles. The van der Waals surface area contributed by atoms with Gasteiger partial charge in [-0.1, -0.05) is 30.3 Å². The third kappa shape index (κ3) is 4.19. The van der Waals surface area contributed by atoms with Crippen LogP contribution in [0.15, 0.2) is 30.3 Å². The van der Waals surface area contributed by atoms with Crippen LogP contribution in [0, 0.1) is 0 Å². The quantitative estimate of drug-likeness (QED) is 0.922. The Kier molecular flexibility index (Phi) is 5.62. The summed E-state index contributed by atoms with van der Waals surface area (Å²) in [7, 11) is 0. The molecule has 2 heterocycles. The molecule has 0 unspecified atom stereocenters. The average Bonchev–Trinajstić information content (AvgIpc) is 2.51. The van der Waals surface area contributed by atoms with Crippen LogP contribution in [-0.4, -0.2) is 49.2 Å². The minimum absolute atomic E-state index is 0. The number of carbonyl (C=O) groups excluding carboxylic acids is 1. The molecule has 1 aromatic carbocycles. The maximum absolute atomic E-state index is 11.2. The number of halogens is 1. The van der Waals surface area contributed by atoms with Crippen LogP contribution in [0.3, 0.4) is 0 Å². The van der Waals surface area contributed by atoms with Gasteiger partial charge in [-0.3, -0.25) is 4.79 Å². The van der Waals surface area contributed by atoms with Crippen LogP contribution in [0.5, 0.6) is 0 Å². The Labute approximate surface area is 132 Å². The minimum atomic E-state index is -0.100. The molecule has 2 aliphatic rings. The van der Waals surface area contributed by atoms with Gasteiger partial charge < -0.3 is 15.0 Å². The zero-order valence-corrected chi connectivity index (χ0v) is 13.0. The van der Waals surface area contributed by atoms with Crippen LogP contribution in [0.1, 0.15) is 18.4 Å². The van der Waals surface area contributed by atoms with Crippen molar-refractivity contribution in [2.45, 2.75) is 24.9 Å². The second-order valence-corrected chi connectivity index (χ2v) is 5.83. The second-order valence-electron chi connectivity index (χ2n) is 5.83. The Morgan fingerprint density at radius 1 is 1.19 bits per heavy atom. The Morgan fingerprint density at radius 3 is 2.52 bits per heavy atom. The van der Waals surface area contributed by atoms with Crippen LogP contribution in [0.4, 0.5) is 0 Å². The summed E-state index contributed by atoms with van der Waals surface area (Å²) in [5, 5.41) is 2.93. The van der Waals surface area contributed by atoms with Crippen molar-refractivity contribution in [1.82, 2.24) is 10.2 Å². The van der Waals surface area contributed by atoms with Gasteiger partial charge in [0, 0.05) is 26.2 Å². The van der Waals surface area contributed by atoms with Crippen molar-refractivity contribution in [2.24, 2.45) is 0 Å². The number of nitrogens with zero attached hydrogens (tertiary/aromatic N) is 1. The molecule has 1 aromatic rings. The van der Waals surface area contributed by atoms with Crippen LogP contribution < -0.4 is 5.32 Å². The summed E-state index contributed by atoms with van der Waals surface area (Å²) in [6.07, 6.45) is 3.13. The first-order valence-electron chi connectivity index (χ1n) is 7.43. The number of hydrogen-bond acceptors (Lipinski definition) is 3. The number of hydrogen-bond donors (Lipinski definition) is 1. The summed E-state index contributed by atoms with van der Waals surface area (Å²) in [5.41, 5.74) is 1.30.